The van der Waals surface area contributed by atoms with Gasteiger partial charge in [0.15, 0.2) is 6.54 Å². The number of methoxy groups -OCH3 is 1. The first-order chi connectivity index (χ1) is 24.9. The summed E-state index contributed by atoms with van der Waals surface area (Å²) in [6.45, 7) is 4.57. The van der Waals surface area contributed by atoms with Gasteiger partial charge in [0.1, 0.15) is 6.61 Å². The Hall–Kier alpha value is -5.50. The molecule has 1 N–H and O–H groups in total. The van der Waals surface area contributed by atoms with Gasteiger partial charge >= 0.3 is 11.9 Å². The van der Waals surface area contributed by atoms with Crippen LogP contribution in [-0.2, 0) is 30.3 Å². The number of hydrogen-bond acceptors (Lipinski definition) is 6. The molecule has 1 atom stereocenters. The smallest absolute Gasteiger partial charge is 0.336 e. The maximum absolute atomic E-state index is 13.7. The summed E-state index contributed by atoms with van der Waals surface area (Å²) < 4.78 is 19.4. The van der Waals surface area contributed by atoms with Crippen molar-refractivity contribution in [2.45, 2.75) is 26.3 Å². The lowest BCUT2D eigenvalue weighted by Gasteiger charge is -2.31. The molecule has 5 aromatic rings. The van der Waals surface area contributed by atoms with Gasteiger partial charge in [0.2, 0.25) is 11.4 Å². The number of rotatable bonds is 12. The van der Waals surface area contributed by atoms with Crippen LogP contribution in [0.1, 0.15) is 25.3 Å². The number of nitrogens with one attached hydrogen (secondary N) is 1. The number of allylic oxidation sites excluding steroid dienone is 1. The molecule has 0 amide bonds. The standard InChI is InChI=1S/C43H39ClN2O5/c1-4-51-43(48)41-36(45-29(2)39(42(47)49-3)40(41)34-22-14-15-23-35(34)44)28-50-25-24-46-37(31-18-10-6-11-19-31)26-33(30-16-8-5-9-17-30)27-38(46)32-20-12-7-13-21-32/h5-23,26-27,40H,4,24-25,28H2,1-3H3/p+1. The minimum Gasteiger partial charge on any atom is -0.466 e. The molecule has 0 bridgehead atoms. The fourth-order valence-electron chi connectivity index (χ4n) is 6.55. The lowest BCUT2D eigenvalue weighted by atomic mass is 9.80. The zero-order valence-electron chi connectivity index (χ0n) is 28.9. The number of carbonyl (C=O) groups is 2. The molecule has 0 fully saturated rings. The predicted octanol–water partition coefficient (Wildman–Crippen LogP) is 8.30. The number of dihydropyridines is 1. The van der Waals surface area contributed by atoms with E-state index >= 15 is 0 Å². The molecule has 8 heteroatoms. The third-order valence-corrected chi connectivity index (χ3v) is 9.22. The molecular formula is C43H40ClN2O5+. The Bertz CT molecular complexity index is 2020. The largest absolute Gasteiger partial charge is 0.466 e. The van der Waals surface area contributed by atoms with E-state index in [2.05, 4.69) is 70.5 Å². The summed E-state index contributed by atoms with van der Waals surface area (Å²) in [5, 5.41) is 3.69. The molecule has 0 radical (unpaired) electrons. The second kappa shape index (κ2) is 16.5. The number of carbonyl (C=O) groups excluding carboxylic acids is 2. The Morgan fingerprint density at radius 2 is 1.27 bits per heavy atom. The van der Waals surface area contributed by atoms with E-state index in [0.29, 0.717) is 35.1 Å². The van der Waals surface area contributed by atoms with Crippen LogP contribution in [-0.4, -0.2) is 38.9 Å². The minimum absolute atomic E-state index is 0.0604. The number of aromatic nitrogens is 1. The predicted molar refractivity (Wildman–Crippen MR) is 199 cm³/mol. The van der Waals surface area contributed by atoms with Gasteiger partial charge in [-0.1, -0.05) is 96.5 Å². The van der Waals surface area contributed by atoms with E-state index in [4.69, 9.17) is 25.8 Å². The van der Waals surface area contributed by atoms with Gasteiger partial charge in [-0.3, -0.25) is 0 Å². The SMILES string of the molecule is CCOC(=O)C1=C(COCC[n+]2c(-c3ccccc3)cc(-c3ccccc3)cc2-c2ccccc2)NC(C)=C(C(=O)OC)C1c1ccccc1Cl. The number of ether oxygens (including phenoxy) is 3. The monoisotopic (exact) mass is 699 g/mol. The van der Waals surface area contributed by atoms with E-state index in [1.165, 1.54) is 7.11 Å². The molecule has 1 aromatic heterocycles. The summed E-state index contributed by atoms with van der Waals surface area (Å²) in [4.78, 5) is 26.8. The number of pyridine rings is 1. The lowest BCUT2D eigenvalue weighted by molar-refractivity contribution is -0.677. The average molecular weight is 700 g/mol. The molecule has 0 spiro atoms. The Balaban J connectivity index is 1.38. The van der Waals surface area contributed by atoms with Gasteiger partial charge in [0.05, 0.1) is 43.1 Å². The highest BCUT2D eigenvalue weighted by Crippen LogP contribution is 2.42. The molecule has 1 aliphatic rings. The molecule has 1 unspecified atom stereocenters. The molecule has 4 aromatic carbocycles. The molecule has 258 valence electrons. The van der Waals surface area contributed by atoms with Gasteiger partial charge in [0.25, 0.3) is 0 Å². The fourth-order valence-corrected chi connectivity index (χ4v) is 6.79. The van der Waals surface area contributed by atoms with Gasteiger partial charge < -0.3 is 19.5 Å². The van der Waals surface area contributed by atoms with Crippen LogP contribution >= 0.6 is 11.6 Å². The van der Waals surface area contributed by atoms with Crippen molar-refractivity contribution in [3.63, 3.8) is 0 Å². The van der Waals surface area contributed by atoms with Crippen molar-refractivity contribution in [1.29, 1.82) is 0 Å². The summed E-state index contributed by atoms with van der Waals surface area (Å²) in [7, 11) is 1.32. The fraction of sp³-hybridized carbons (Fsp3) is 0.186. The number of esters is 2. The Labute approximate surface area is 303 Å². The summed E-state index contributed by atoms with van der Waals surface area (Å²) in [5.74, 6) is -1.95. The van der Waals surface area contributed by atoms with Crippen LogP contribution in [0, 0.1) is 0 Å². The topological polar surface area (TPSA) is 77.7 Å². The lowest BCUT2D eigenvalue weighted by Crippen LogP contribution is -2.41. The number of hydrogen-bond donors (Lipinski definition) is 1. The summed E-state index contributed by atoms with van der Waals surface area (Å²) in [6, 6.07) is 42.6. The van der Waals surface area contributed by atoms with Crippen molar-refractivity contribution < 1.29 is 28.4 Å². The Kier molecular flexibility index (Phi) is 11.4. The highest BCUT2D eigenvalue weighted by atomic mass is 35.5. The Morgan fingerprint density at radius 1 is 0.725 bits per heavy atom. The minimum atomic E-state index is -0.820. The van der Waals surface area contributed by atoms with Crippen molar-refractivity contribution in [2.75, 3.05) is 26.9 Å². The number of halogens is 1. The van der Waals surface area contributed by atoms with E-state index in [1.807, 2.05) is 48.5 Å². The number of nitrogens with zero attached hydrogens (tertiary/aromatic N) is 1. The second-order valence-electron chi connectivity index (χ2n) is 12.0. The molecule has 1 aliphatic heterocycles. The zero-order chi connectivity index (χ0) is 35.7. The molecule has 2 heterocycles. The quantitative estimate of drug-likeness (QED) is 0.0802. The first-order valence-electron chi connectivity index (χ1n) is 16.9. The third kappa shape index (κ3) is 7.80. The van der Waals surface area contributed by atoms with Gasteiger partial charge in [0, 0.05) is 34.0 Å². The summed E-state index contributed by atoms with van der Waals surface area (Å²) in [6.07, 6.45) is 0. The normalized spacial score (nSPS) is 14.2. The summed E-state index contributed by atoms with van der Waals surface area (Å²) in [5.41, 5.74) is 8.65. The van der Waals surface area contributed by atoms with E-state index in [0.717, 1.165) is 33.6 Å². The number of benzene rings is 4. The van der Waals surface area contributed by atoms with Crippen molar-refractivity contribution in [3.8, 4) is 33.6 Å². The molecule has 0 saturated heterocycles. The van der Waals surface area contributed by atoms with Gasteiger partial charge in [-0.15, -0.1) is 0 Å². The van der Waals surface area contributed by atoms with Crippen molar-refractivity contribution >= 4 is 23.5 Å². The van der Waals surface area contributed by atoms with Crippen LogP contribution in [0.4, 0.5) is 0 Å². The van der Waals surface area contributed by atoms with Crippen LogP contribution in [0.15, 0.2) is 150 Å². The van der Waals surface area contributed by atoms with Gasteiger partial charge in [-0.2, -0.15) is 4.57 Å². The first kappa shape index (κ1) is 35.3. The molecule has 51 heavy (non-hydrogen) atoms. The molecule has 7 nitrogen and oxygen atoms in total. The van der Waals surface area contributed by atoms with E-state index in [9.17, 15) is 9.59 Å². The van der Waals surface area contributed by atoms with Gasteiger partial charge in [-0.05, 0) is 60.9 Å². The van der Waals surface area contributed by atoms with Crippen LogP contribution in [0.2, 0.25) is 5.02 Å². The molecular weight excluding hydrogens is 660 g/mol. The van der Waals surface area contributed by atoms with Gasteiger partial charge in [-0.25, -0.2) is 9.59 Å². The maximum atomic E-state index is 13.7. The highest BCUT2D eigenvalue weighted by molar-refractivity contribution is 6.31. The Morgan fingerprint density at radius 3 is 1.82 bits per heavy atom. The van der Waals surface area contributed by atoms with Crippen LogP contribution in [0.5, 0.6) is 0 Å². The van der Waals surface area contributed by atoms with Crippen LogP contribution < -0.4 is 9.88 Å². The highest BCUT2D eigenvalue weighted by Gasteiger charge is 2.39. The summed E-state index contributed by atoms with van der Waals surface area (Å²) >= 11 is 6.68. The first-order valence-corrected chi connectivity index (χ1v) is 17.3. The molecule has 0 aliphatic carbocycles. The van der Waals surface area contributed by atoms with Crippen LogP contribution in [0.25, 0.3) is 33.6 Å². The van der Waals surface area contributed by atoms with Crippen molar-refractivity contribution in [3.05, 3.63) is 161 Å². The molecule has 0 saturated carbocycles. The zero-order valence-corrected chi connectivity index (χ0v) is 29.7. The second-order valence-corrected chi connectivity index (χ2v) is 12.4. The maximum Gasteiger partial charge on any atom is 0.336 e. The van der Waals surface area contributed by atoms with E-state index < -0.39 is 17.9 Å². The van der Waals surface area contributed by atoms with Crippen LogP contribution in [0.3, 0.4) is 0 Å². The molecule has 6 rings (SSSR count). The third-order valence-electron chi connectivity index (χ3n) is 8.88. The van der Waals surface area contributed by atoms with Crippen molar-refractivity contribution in [2.24, 2.45) is 0 Å². The average Bonchev–Trinajstić information content (AvgIpc) is 3.17. The van der Waals surface area contributed by atoms with E-state index in [-0.39, 0.29) is 24.4 Å². The van der Waals surface area contributed by atoms with Crippen molar-refractivity contribution in [1.82, 2.24) is 5.32 Å². The van der Waals surface area contributed by atoms with E-state index in [1.54, 1.807) is 32.0 Å².